The van der Waals surface area contributed by atoms with E-state index in [2.05, 4.69) is 11.2 Å². The molecular weight excluding hydrogens is 88.1 g/mol. The first-order valence-electron chi connectivity index (χ1n) is 2.34. The lowest BCUT2D eigenvalue weighted by Crippen LogP contribution is -2.19. The molecule has 0 aromatic rings. The van der Waals surface area contributed by atoms with Crippen molar-refractivity contribution < 1.29 is 0 Å². The van der Waals surface area contributed by atoms with Crippen molar-refractivity contribution in [1.29, 1.82) is 0 Å². The predicted molar refractivity (Wildman–Crippen MR) is 28.2 cm³/mol. The number of allylic oxidation sites excluding steroid dienone is 1. The summed E-state index contributed by atoms with van der Waals surface area (Å²) in [5.41, 5.74) is 6.51. The van der Waals surface area contributed by atoms with E-state index >= 15 is 0 Å². The van der Waals surface area contributed by atoms with E-state index in [9.17, 15) is 0 Å². The van der Waals surface area contributed by atoms with Gasteiger partial charge >= 0.3 is 0 Å². The number of nitrogens with one attached hydrogen (secondary N) is 1. The lowest BCUT2D eigenvalue weighted by atomic mass is 10.3. The van der Waals surface area contributed by atoms with Crippen LogP contribution in [0, 0.1) is 0 Å². The summed E-state index contributed by atoms with van der Waals surface area (Å²) in [5.74, 6) is 5.06. The molecule has 0 heterocycles. The zero-order valence-electron chi connectivity index (χ0n) is 4.07. The molecule has 7 heavy (non-hydrogen) atoms. The largest absolute Gasteiger partial charge is 0.321 e. The van der Waals surface area contributed by atoms with E-state index in [4.69, 9.17) is 5.84 Å². The van der Waals surface area contributed by atoms with E-state index in [1.165, 1.54) is 0 Å². The molecule has 0 atom stereocenters. The Morgan fingerprint density at radius 2 is 2.71 bits per heavy atom. The summed E-state index contributed by atoms with van der Waals surface area (Å²) in [6.45, 7) is 0. The Hall–Kier alpha value is -0.720. The quantitative estimate of drug-likeness (QED) is 0.279. The van der Waals surface area contributed by atoms with Gasteiger partial charge in [-0.25, -0.2) is 0 Å². The number of rotatable bonds is 1. The van der Waals surface area contributed by atoms with Crippen LogP contribution >= 0.6 is 0 Å². The third-order valence-electron chi connectivity index (χ3n) is 0.989. The first-order valence-corrected chi connectivity index (χ1v) is 2.34. The Morgan fingerprint density at radius 1 is 1.86 bits per heavy atom. The van der Waals surface area contributed by atoms with Gasteiger partial charge in [0.15, 0.2) is 0 Å². The number of hydrogen-bond acceptors (Lipinski definition) is 2. The van der Waals surface area contributed by atoms with Crippen LogP contribution in [-0.4, -0.2) is 0 Å². The SMILES string of the molecule is NNC1=C=CCC1. The molecule has 0 fully saturated rings. The molecule has 2 nitrogen and oxygen atoms in total. The molecule has 0 amide bonds. The molecule has 1 aliphatic carbocycles. The number of hydrazine groups is 1. The maximum absolute atomic E-state index is 5.06. The fourth-order valence-corrected chi connectivity index (χ4v) is 0.598. The van der Waals surface area contributed by atoms with Crippen molar-refractivity contribution in [1.82, 2.24) is 5.43 Å². The van der Waals surface area contributed by atoms with Gasteiger partial charge in [0.1, 0.15) is 0 Å². The van der Waals surface area contributed by atoms with Crippen molar-refractivity contribution >= 4 is 0 Å². The van der Waals surface area contributed by atoms with Gasteiger partial charge in [-0.2, -0.15) is 0 Å². The van der Waals surface area contributed by atoms with Crippen molar-refractivity contribution in [3.63, 3.8) is 0 Å². The van der Waals surface area contributed by atoms with Crippen LogP contribution in [-0.2, 0) is 0 Å². The van der Waals surface area contributed by atoms with Gasteiger partial charge in [0.25, 0.3) is 0 Å². The number of hydrogen-bond donors (Lipinski definition) is 2. The van der Waals surface area contributed by atoms with Crippen LogP contribution < -0.4 is 11.3 Å². The van der Waals surface area contributed by atoms with Crippen LogP contribution in [0.15, 0.2) is 17.5 Å². The molecule has 0 aliphatic heterocycles. The lowest BCUT2D eigenvalue weighted by Gasteiger charge is -1.92. The molecule has 0 unspecified atom stereocenters. The van der Waals surface area contributed by atoms with Gasteiger partial charge in [-0.3, -0.25) is 5.84 Å². The zero-order chi connectivity index (χ0) is 5.11. The minimum absolute atomic E-state index is 1.01. The van der Waals surface area contributed by atoms with E-state index < -0.39 is 0 Å². The highest BCUT2D eigenvalue weighted by Crippen LogP contribution is 2.04. The minimum Gasteiger partial charge on any atom is -0.321 e. The highest BCUT2D eigenvalue weighted by molar-refractivity contribution is 5.05. The Kier molecular flexibility index (Phi) is 1.16. The van der Waals surface area contributed by atoms with E-state index in [1.54, 1.807) is 0 Å². The first-order chi connectivity index (χ1) is 3.43. The summed E-state index contributed by atoms with van der Waals surface area (Å²) in [6, 6.07) is 0. The summed E-state index contributed by atoms with van der Waals surface area (Å²) >= 11 is 0. The summed E-state index contributed by atoms with van der Waals surface area (Å²) in [5, 5.41) is 0. The Morgan fingerprint density at radius 3 is 3.00 bits per heavy atom. The van der Waals surface area contributed by atoms with Crippen molar-refractivity contribution in [2.45, 2.75) is 12.8 Å². The average molecular weight is 96.1 g/mol. The van der Waals surface area contributed by atoms with Gasteiger partial charge < -0.3 is 5.43 Å². The Balaban J connectivity index is 2.54. The molecule has 0 radical (unpaired) electrons. The Bertz CT molecular complexity index is 116. The third kappa shape index (κ3) is 0.829. The smallest absolute Gasteiger partial charge is 0.0678 e. The molecule has 0 bridgehead atoms. The van der Waals surface area contributed by atoms with Crippen molar-refractivity contribution in [3.05, 3.63) is 17.5 Å². The van der Waals surface area contributed by atoms with Gasteiger partial charge in [0.05, 0.1) is 5.70 Å². The lowest BCUT2D eigenvalue weighted by molar-refractivity contribution is 0.819. The summed E-state index contributed by atoms with van der Waals surface area (Å²) < 4.78 is 0. The van der Waals surface area contributed by atoms with Crippen LogP contribution in [0.2, 0.25) is 0 Å². The van der Waals surface area contributed by atoms with E-state index in [1.807, 2.05) is 6.08 Å². The van der Waals surface area contributed by atoms with Crippen LogP contribution in [0.1, 0.15) is 12.8 Å². The Labute approximate surface area is 42.7 Å². The van der Waals surface area contributed by atoms with Crippen molar-refractivity contribution in [3.8, 4) is 0 Å². The second kappa shape index (κ2) is 1.82. The molecule has 38 valence electrons. The summed E-state index contributed by atoms with van der Waals surface area (Å²) in [6.07, 6.45) is 4.09. The van der Waals surface area contributed by atoms with Crippen LogP contribution in [0.3, 0.4) is 0 Å². The summed E-state index contributed by atoms with van der Waals surface area (Å²) in [7, 11) is 0. The summed E-state index contributed by atoms with van der Waals surface area (Å²) in [4.78, 5) is 0. The molecule has 0 spiro atoms. The molecular formula is C5H8N2. The van der Waals surface area contributed by atoms with Gasteiger partial charge in [-0.05, 0) is 12.5 Å². The normalized spacial score (nSPS) is 17.0. The monoisotopic (exact) mass is 96.1 g/mol. The molecule has 1 rings (SSSR count). The molecule has 0 saturated heterocycles. The van der Waals surface area contributed by atoms with Crippen LogP contribution in [0.25, 0.3) is 0 Å². The van der Waals surface area contributed by atoms with E-state index in [0.29, 0.717) is 0 Å². The third-order valence-corrected chi connectivity index (χ3v) is 0.989. The highest BCUT2D eigenvalue weighted by atomic mass is 15.2. The fourth-order valence-electron chi connectivity index (χ4n) is 0.598. The van der Waals surface area contributed by atoms with E-state index in [0.717, 1.165) is 18.5 Å². The second-order valence-corrected chi connectivity index (χ2v) is 1.51. The molecule has 1 aliphatic rings. The first kappa shape index (κ1) is 4.44. The maximum atomic E-state index is 5.06. The van der Waals surface area contributed by atoms with Crippen LogP contribution in [0.5, 0.6) is 0 Å². The topological polar surface area (TPSA) is 38.0 Å². The van der Waals surface area contributed by atoms with Gasteiger partial charge in [0.2, 0.25) is 0 Å². The van der Waals surface area contributed by atoms with Crippen LogP contribution in [0.4, 0.5) is 0 Å². The van der Waals surface area contributed by atoms with Gasteiger partial charge in [0, 0.05) is 6.42 Å². The maximum Gasteiger partial charge on any atom is 0.0678 e. The fraction of sp³-hybridized carbons (Fsp3) is 0.400. The average Bonchev–Trinajstić information content (AvgIpc) is 2.14. The number of nitrogens with two attached hydrogens (primary N) is 1. The second-order valence-electron chi connectivity index (χ2n) is 1.51. The predicted octanol–water partition coefficient (Wildman–Crippen LogP) is 0.283. The molecule has 0 saturated carbocycles. The molecule has 0 aromatic heterocycles. The van der Waals surface area contributed by atoms with Crippen molar-refractivity contribution in [2.75, 3.05) is 0 Å². The minimum atomic E-state index is 1.01. The van der Waals surface area contributed by atoms with Crippen molar-refractivity contribution in [2.24, 2.45) is 5.84 Å². The van der Waals surface area contributed by atoms with E-state index in [-0.39, 0.29) is 0 Å². The van der Waals surface area contributed by atoms with Gasteiger partial charge in [-0.1, -0.05) is 0 Å². The molecule has 2 heteroatoms. The molecule has 3 N–H and O–H groups in total. The van der Waals surface area contributed by atoms with Gasteiger partial charge in [-0.15, -0.1) is 5.73 Å². The molecule has 0 aromatic carbocycles. The standard InChI is InChI=1S/C5H8N2/c6-7-5-3-1-2-4-5/h1,7H,2,4,6H2. The highest BCUT2D eigenvalue weighted by Gasteiger charge is 1.94. The zero-order valence-corrected chi connectivity index (χ0v) is 4.07.